The number of nitrogens with zero attached hydrogens (tertiary/aromatic N) is 4. The fraction of sp³-hybridized carbons (Fsp3) is 0.542. The summed E-state index contributed by atoms with van der Waals surface area (Å²) in [5.74, 6) is 1.18. The van der Waals surface area contributed by atoms with Crippen LogP contribution in [0.5, 0.6) is 11.5 Å². The predicted octanol–water partition coefficient (Wildman–Crippen LogP) is 2.67. The van der Waals surface area contributed by atoms with E-state index < -0.39 is 0 Å². The number of imide groups is 1. The molecule has 2 aliphatic rings. The first kappa shape index (κ1) is 23.7. The monoisotopic (exact) mass is 470 g/mol. The van der Waals surface area contributed by atoms with Crippen molar-refractivity contribution in [1.82, 2.24) is 20.0 Å². The van der Waals surface area contributed by atoms with Crippen molar-refractivity contribution in [3.8, 4) is 23.0 Å². The normalized spacial score (nSPS) is 19.8. The van der Waals surface area contributed by atoms with Gasteiger partial charge in [0.05, 0.1) is 32.6 Å². The van der Waals surface area contributed by atoms with Crippen LogP contribution in [0.25, 0.3) is 11.5 Å². The van der Waals surface area contributed by atoms with Gasteiger partial charge in [-0.05, 0) is 37.5 Å². The second-order valence-electron chi connectivity index (χ2n) is 8.75. The Morgan fingerprint density at radius 3 is 2.41 bits per heavy atom. The largest absolute Gasteiger partial charge is 0.493 e. The van der Waals surface area contributed by atoms with Crippen molar-refractivity contribution in [2.45, 2.75) is 45.1 Å². The molecule has 2 atom stereocenters. The topological polar surface area (TPSA) is 115 Å². The summed E-state index contributed by atoms with van der Waals surface area (Å²) in [6.07, 6.45) is 4.24. The molecule has 1 aromatic carbocycles. The van der Waals surface area contributed by atoms with Gasteiger partial charge in [0, 0.05) is 25.6 Å². The highest BCUT2D eigenvalue weighted by atomic mass is 16.5. The number of ether oxygens (including phenoxy) is 2. The van der Waals surface area contributed by atoms with E-state index in [9.17, 15) is 14.4 Å². The van der Waals surface area contributed by atoms with Crippen molar-refractivity contribution >= 4 is 17.7 Å². The summed E-state index contributed by atoms with van der Waals surface area (Å²) in [5, 5.41) is 8.10. The highest BCUT2D eigenvalue weighted by Crippen LogP contribution is 2.38. The summed E-state index contributed by atoms with van der Waals surface area (Å²) in [6.45, 7) is 0.444. The molecule has 0 spiro atoms. The van der Waals surface area contributed by atoms with E-state index in [1.807, 2.05) is 0 Å². The standard InChI is InChI=1S/C24H30N4O6/c1-27(14-20-25-26-22(34-20)15-10-11-18(32-2)19(13-15)33-3)21(29)9-6-12-28-23(30)16-7-4-5-8-17(16)24(28)31/h10-11,13,16-17H,4-9,12,14H2,1-3H3/t16-,17+. The zero-order valence-corrected chi connectivity index (χ0v) is 19.8. The summed E-state index contributed by atoms with van der Waals surface area (Å²) in [7, 11) is 4.76. The molecule has 2 aromatic rings. The number of fused-ring (bicyclic) bond motifs is 1. The quantitative estimate of drug-likeness (QED) is 0.514. The first-order chi connectivity index (χ1) is 16.4. The molecule has 10 heteroatoms. The van der Waals surface area contributed by atoms with Crippen molar-refractivity contribution in [2.75, 3.05) is 27.8 Å². The maximum atomic E-state index is 12.6. The number of amides is 3. The Hall–Kier alpha value is -3.43. The summed E-state index contributed by atoms with van der Waals surface area (Å²) in [5.41, 5.74) is 0.672. The molecular weight excluding hydrogens is 440 g/mol. The van der Waals surface area contributed by atoms with Crippen LogP contribution in [0.4, 0.5) is 0 Å². The zero-order chi connectivity index (χ0) is 24.2. The molecule has 0 unspecified atom stereocenters. The smallest absolute Gasteiger partial charge is 0.247 e. The maximum absolute atomic E-state index is 12.6. The van der Waals surface area contributed by atoms with Gasteiger partial charge in [0.25, 0.3) is 0 Å². The molecule has 0 radical (unpaired) electrons. The fourth-order valence-electron chi connectivity index (χ4n) is 4.73. The SMILES string of the molecule is COc1ccc(-c2nnc(CN(C)C(=O)CCCN3C(=O)[C@H]4CCCC[C@H]4C3=O)o2)cc1OC. The molecule has 1 aromatic heterocycles. The van der Waals surface area contributed by atoms with Crippen molar-refractivity contribution < 1.29 is 28.3 Å². The molecule has 10 nitrogen and oxygen atoms in total. The van der Waals surface area contributed by atoms with Crippen LogP contribution in [0.2, 0.25) is 0 Å². The maximum Gasteiger partial charge on any atom is 0.247 e. The minimum atomic E-state index is -0.156. The first-order valence-electron chi connectivity index (χ1n) is 11.6. The number of hydrogen-bond donors (Lipinski definition) is 0. The number of carbonyl (C=O) groups excluding carboxylic acids is 3. The van der Waals surface area contributed by atoms with Gasteiger partial charge in [0.1, 0.15) is 0 Å². The van der Waals surface area contributed by atoms with Gasteiger partial charge in [-0.3, -0.25) is 19.3 Å². The van der Waals surface area contributed by atoms with Gasteiger partial charge in [-0.2, -0.15) is 0 Å². The Kier molecular flexibility index (Phi) is 7.14. The van der Waals surface area contributed by atoms with Crippen LogP contribution in [-0.4, -0.2) is 65.5 Å². The third kappa shape index (κ3) is 4.76. The molecule has 1 saturated carbocycles. The molecule has 1 saturated heterocycles. The molecule has 1 aliphatic heterocycles. The molecule has 34 heavy (non-hydrogen) atoms. The summed E-state index contributed by atoms with van der Waals surface area (Å²) < 4.78 is 16.3. The van der Waals surface area contributed by atoms with Gasteiger partial charge in [0.15, 0.2) is 11.5 Å². The van der Waals surface area contributed by atoms with Crippen molar-refractivity contribution in [3.63, 3.8) is 0 Å². The third-order valence-corrected chi connectivity index (χ3v) is 6.60. The predicted molar refractivity (Wildman–Crippen MR) is 121 cm³/mol. The van der Waals surface area contributed by atoms with Crippen molar-refractivity contribution in [3.05, 3.63) is 24.1 Å². The summed E-state index contributed by atoms with van der Waals surface area (Å²) >= 11 is 0. The molecule has 2 fully saturated rings. The molecule has 0 bridgehead atoms. The number of aromatic nitrogens is 2. The highest BCUT2D eigenvalue weighted by molar-refractivity contribution is 6.05. The lowest BCUT2D eigenvalue weighted by molar-refractivity contribution is -0.140. The molecular formula is C24H30N4O6. The second kappa shape index (κ2) is 10.2. The van der Waals surface area contributed by atoms with Crippen molar-refractivity contribution in [2.24, 2.45) is 11.8 Å². The first-order valence-corrected chi connectivity index (χ1v) is 11.6. The van der Waals surface area contributed by atoms with Crippen LogP contribution in [-0.2, 0) is 20.9 Å². The Bertz CT molecular complexity index is 1040. The Labute approximate surface area is 198 Å². The summed E-state index contributed by atoms with van der Waals surface area (Å²) in [6, 6.07) is 5.27. The van der Waals surface area contributed by atoms with Crippen LogP contribution in [0.15, 0.2) is 22.6 Å². The van der Waals surface area contributed by atoms with Crippen LogP contribution in [0.3, 0.4) is 0 Å². The number of rotatable bonds is 9. The number of methoxy groups -OCH3 is 2. The van der Waals surface area contributed by atoms with Gasteiger partial charge in [-0.15, -0.1) is 10.2 Å². The second-order valence-corrected chi connectivity index (χ2v) is 8.75. The number of benzene rings is 1. The van der Waals surface area contributed by atoms with E-state index in [1.54, 1.807) is 39.5 Å². The van der Waals surface area contributed by atoms with Gasteiger partial charge in [0.2, 0.25) is 29.5 Å². The Morgan fingerprint density at radius 2 is 1.76 bits per heavy atom. The van der Waals surface area contributed by atoms with E-state index >= 15 is 0 Å². The minimum Gasteiger partial charge on any atom is -0.493 e. The Balaban J connectivity index is 1.29. The van der Waals surface area contributed by atoms with E-state index in [2.05, 4.69) is 10.2 Å². The van der Waals surface area contributed by atoms with Gasteiger partial charge >= 0.3 is 0 Å². The number of hydrogen-bond acceptors (Lipinski definition) is 8. The molecule has 3 amide bonds. The van der Waals surface area contributed by atoms with E-state index in [1.165, 1.54) is 9.80 Å². The Morgan fingerprint density at radius 1 is 1.09 bits per heavy atom. The fourth-order valence-corrected chi connectivity index (χ4v) is 4.73. The zero-order valence-electron chi connectivity index (χ0n) is 19.8. The number of carbonyl (C=O) groups is 3. The molecule has 1 aliphatic carbocycles. The van der Waals surface area contributed by atoms with E-state index in [-0.39, 0.29) is 49.1 Å². The molecule has 182 valence electrons. The highest BCUT2D eigenvalue weighted by Gasteiger charge is 2.47. The third-order valence-electron chi connectivity index (χ3n) is 6.60. The lowest BCUT2D eigenvalue weighted by atomic mass is 9.81. The lowest BCUT2D eigenvalue weighted by Gasteiger charge is -2.19. The van der Waals surface area contributed by atoms with Crippen molar-refractivity contribution in [1.29, 1.82) is 0 Å². The minimum absolute atomic E-state index is 0.0657. The van der Waals surface area contributed by atoms with Gasteiger partial charge < -0.3 is 18.8 Å². The lowest BCUT2D eigenvalue weighted by Crippen LogP contribution is -2.33. The van der Waals surface area contributed by atoms with E-state index in [0.29, 0.717) is 35.3 Å². The van der Waals surface area contributed by atoms with E-state index in [0.717, 1.165) is 25.7 Å². The molecule has 2 heterocycles. The average molecular weight is 471 g/mol. The van der Waals surface area contributed by atoms with Crippen LogP contribution in [0.1, 0.15) is 44.4 Å². The van der Waals surface area contributed by atoms with Crippen LogP contribution >= 0.6 is 0 Å². The van der Waals surface area contributed by atoms with Crippen LogP contribution in [0, 0.1) is 11.8 Å². The molecule has 0 N–H and O–H groups in total. The van der Waals surface area contributed by atoms with E-state index in [4.69, 9.17) is 13.9 Å². The van der Waals surface area contributed by atoms with Crippen LogP contribution < -0.4 is 9.47 Å². The van der Waals surface area contributed by atoms with Gasteiger partial charge in [-0.1, -0.05) is 12.8 Å². The molecule has 4 rings (SSSR count). The average Bonchev–Trinajstić information content (AvgIpc) is 3.42. The van der Waals surface area contributed by atoms with Gasteiger partial charge in [-0.25, -0.2) is 0 Å². The summed E-state index contributed by atoms with van der Waals surface area (Å²) in [4.78, 5) is 40.6. The number of likely N-dealkylation sites (tertiary alicyclic amines) is 1.